The van der Waals surface area contributed by atoms with Gasteiger partial charge in [-0.1, -0.05) is 22.0 Å². The predicted molar refractivity (Wildman–Crippen MR) is 123 cm³/mol. The molecule has 30 heavy (non-hydrogen) atoms. The fourth-order valence-corrected chi connectivity index (χ4v) is 4.19. The molecule has 0 aliphatic carbocycles. The van der Waals surface area contributed by atoms with Gasteiger partial charge >= 0.3 is 0 Å². The lowest BCUT2D eigenvalue weighted by Crippen LogP contribution is -2.24. The summed E-state index contributed by atoms with van der Waals surface area (Å²) in [7, 11) is 1.59. The highest BCUT2D eigenvalue weighted by Gasteiger charge is 2.20. The van der Waals surface area contributed by atoms with Crippen molar-refractivity contribution in [2.75, 3.05) is 24.8 Å². The van der Waals surface area contributed by atoms with Crippen molar-refractivity contribution in [1.82, 2.24) is 5.32 Å². The molecule has 0 atom stereocenters. The van der Waals surface area contributed by atoms with Crippen molar-refractivity contribution in [3.8, 4) is 5.75 Å². The fraction of sp³-hybridized carbons (Fsp3) is 0.273. The molecule has 0 fully saturated rings. The van der Waals surface area contributed by atoms with Crippen molar-refractivity contribution in [3.05, 3.63) is 68.2 Å². The van der Waals surface area contributed by atoms with Gasteiger partial charge in [0.05, 0.1) is 13.7 Å². The summed E-state index contributed by atoms with van der Waals surface area (Å²) in [5, 5.41) is 5.80. The lowest BCUT2D eigenvalue weighted by atomic mass is 10.1. The third-order valence-electron chi connectivity index (χ3n) is 4.60. The summed E-state index contributed by atoms with van der Waals surface area (Å²) in [6.07, 6.45) is 0. The van der Waals surface area contributed by atoms with E-state index in [-0.39, 0.29) is 11.8 Å². The summed E-state index contributed by atoms with van der Waals surface area (Å²) in [6.45, 7) is 4.59. The van der Waals surface area contributed by atoms with Crippen molar-refractivity contribution in [3.63, 3.8) is 0 Å². The lowest BCUT2D eigenvalue weighted by Gasteiger charge is -2.18. The van der Waals surface area contributed by atoms with Gasteiger partial charge in [0.15, 0.2) is 0 Å². The van der Waals surface area contributed by atoms with Gasteiger partial charge in [0.25, 0.3) is 11.8 Å². The van der Waals surface area contributed by atoms with Crippen molar-refractivity contribution >= 4 is 45.2 Å². The van der Waals surface area contributed by atoms with Crippen LogP contribution in [0.15, 0.2) is 51.5 Å². The van der Waals surface area contributed by atoms with Gasteiger partial charge in [-0.25, -0.2) is 0 Å². The molecule has 0 saturated heterocycles. The number of hydrogen-bond donors (Lipinski definition) is 2. The van der Waals surface area contributed by atoms with Gasteiger partial charge in [0.1, 0.15) is 16.4 Å². The lowest BCUT2D eigenvalue weighted by molar-refractivity contribution is -0.112. The van der Waals surface area contributed by atoms with Crippen LogP contribution >= 0.6 is 27.7 Å². The van der Waals surface area contributed by atoms with Crippen LogP contribution in [-0.4, -0.2) is 31.3 Å². The van der Waals surface area contributed by atoms with E-state index in [0.29, 0.717) is 40.8 Å². The van der Waals surface area contributed by atoms with Crippen LogP contribution in [0.2, 0.25) is 0 Å². The molecule has 0 spiro atoms. The first kappa shape index (κ1) is 22.2. The van der Waals surface area contributed by atoms with E-state index in [0.717, 1.165) is 21.4 Å². The topological polar surface area (TPSA) is 76.7 Å². The number of halogens is 1. The van der Waals surface area contributed by atoms with Gasteiger partial charge in [0.2, 0.25) is 0 Å². The zero-order valence-electron chi connectivity index (χ0n) is 17.0. The zero-order chi connectivity index (χ0) is 21.7. The largest absolute Gasteiger partial charge is 0.496 e. The molecule has 0 saturated carbocycles. The van der Waals surface area contributed by atoms with E-state index in [2.05, 4.69) is 26.6 Å². The fourth-order valence-electron chi connectivity index (χ4n) is 2.97. The number of anilines is 1. The number of rotatable bonds is 6. The number of benzene rings is 2. The highest BCUT2D eigenvalue weighted by Crippen LogP contribution is 2.28. The van der Waals surface area contributed by atoms with Crippen molar-refractivity contribution in [2.24, 2.45) is 0 Å². The summed E-state index contributed by atoms with van der Waals surface area (Å²) >= 11 is 4.90. The Labute approximate surface area is 188 Å². The number of aryl methyl sites for hydroxylation is 1. The van der Waals surface area contributed by atoms with Crippen molar-refractivity contribution in [1.29, 1.82) is 0 Å². The monoisotopic (exact) mass is 490 g/mol. The van der Waals surface area contributed by atoms with Crippen LogP contribution in [0, 0.1) is 6.92 Å². The summed E-state index contributed by atoms with van der Waals surface area (Å²) in [4.78, 5) is 25.9. The Morgan fingerprint density at radius 3 is 2.70 bits per heavy atom. The third kappa shape index (κ3) is 5.37. The van der Waals surface area contributed by atoms with Gasteiger partial charge in [-0.15, -0.1) is 11.8 Å². The normalized spacial score (nSPS) is 13.5. The van der Waals surface area contributed by atoms with Crippen LogP contribution in [-0.2, 0) is 16.1 Å². The van der Waals surface area contributed by atoms with Crippen LogP contribution < -0.4 is 15.4 Å². The Kier molecular flexibility index (Phi) is 7.44. The first-order valence-electron chi connectivity index (χ1n) is 9.38. The molecule has 1 heterocycles. The molecular weight excluding hydrogens is 468 g/mol. The SMILES string of the molecule is COc1ccc(Br)cc1CNC(=O)c1ccc(C)c(NC(=O)C2=C(C)OCCS2)c1. The average Bonchev–Trinajstić information content (AvgIpc) is 2.74. The number of nitrogens with one attached hydrogen (secondary N) is 2. The molecule has 0 aromatic heterocycles. The van der Waals surface area contributed by atoms with E-state index in [1.165, 1.54) is 11.8 Å². The predicted octanol–water partition coefficient (Wildman–Crippen LogP) is 4.63. The van der Waals surface area contributed by atoms with E-state index < -0.39 is 0 Å². The minimum Gasteiger partial charge on any atom is -0.496 e. The molecule has 6 nitrogen and oxygen atoms in total. The maximum atomic E-state index is 12.7. The Hall–Kier alpha value is -2.45. The molecule has 3 rings (SSSR count). The maximum Gasteiger partial charge on any atom is 0.265 e. The Bertz CT molecular complexity index is 1010. The van der Waals surface area contributed by atoms with Crippen LogP contribution in [0.3, 0.4) is 0 Å². The van der Waals surface area contributed by atoms with E-state index in [9.17, 15) is 9.59 Å². The van der Waals surface area contributed by atoms with Gasteiger partial charge in [-0.2, -0.15) is 0 Å². The minimum atomic E-state index is -0.238. The van der Waals surface area contributed by atoms with Gasteiger partial charge in [-0.3, -0.25) is 9.59 Å². The quantitative estimate of drug-likeness (QED) is 0.617. The first-order valence-corrected chi connectivity index (χ1v) is 11.2. The van der Waals surface area contributed by atoms with Crippen LogP contribution in [0.25, 0.3) is 0 Å². The van der Waals surface area contributed by atoms with Gasteiger partial charge in [-0.05, 0) is 49.7 Å². The molecule has 2 aromatic rings. The van der Waals surface area contributed by atoms with E-state index in [1.54, 1.807) is 26.2 Å². The number of amides is 2. The molecule has 2 N–H and O–H groups in total. The first-order chi connectivity index (χ1) is 14.4. The average molecular weight is 491 g/mol. The van der Waals surface area contributed by atoms with E-state index in [4.69, 9.17) is 9.47 Å². The number of thioether (sulfide) groups is 1. The van der Waals surface area contributed by atoms with Crippen LogP contribution in [0.5, 0.6) is 5.75 Å². The second-order valence-corrected chi connectivity index (χ2v) is 8.73. The zero-order valence-corrected chi connectivity index (χ0v) is 19.4. The Morgan fingerprint density at radius 1 is 1.17 bits per heavy atom. The summed E-state index contributed by atoms with van der Waals surface area (Å²) in [6, 6.07) is 10.9. The number of methoxy groups -OCH3 is 1. The van der Waals surface area contributed by atoms with E-state index in [1.807, 2.05) is 31.2 Å². The molecule has 158 valence electrons. The van der Waals surface area contributed by atoms with E-state index >= 15 is 0 Å². The molecule has 0 bridgehead atoms. The second-order valence-electron chi connectivity index (χ2n) is 6.70. The maximum absolute atomic E-state index is 12.7. The summed E-state index contributed by atoms with van der Waals surface area (Å²) in [5.41, 5.74) is 2.79. The molecule has 2 amide bonds. The smallest absolute Gasteiger partial charge is 0.265 e. The second kappa shape index (κ2) is 10.0. The number of carbonyl (C=O) groups excluding carboxylic acids is 2. The molecule has 1 aliphatic heterocycles. The molecular formula is C22H23BrN2O4S. The molecule has 0 unspecified atom stereocenters. The van der Waals surface area contributed by atoms with Gasteiger partial charge in [0, 0.05) is 33.6 Å². The third-order valence-corrected chi connectivity index (χ3v) is 6.23. The minimum absolute atomic E-state index is 0.225. The molecule has 8 heteroatoms. The number of allylic oxidation sites excluding steroid dienone is 1. The number of carbonyl (C=O) groups is 2. The number of hydrogen-bond acceptors (Lipinski definition) is 5. The summed E-state index contributed by atoms with van der Waals surface area (Å²) < 4.78 is 11.7. The Balaban J connectivity index is 1.72. The van der Waals surface area contributed by atoms with Crippen LogP contribution in [0.1, 0.15) is 28.4 Å². The Morgan fingerprint density at radius 2 is 1.97 bits per heavy atom. The molecule has 2 aromatic carbocycles. The number of ether oxygens (including phenoxy) is 2. The molecule has 1 aliphatic rings. The van der Waals surface area contributed by atoms with Gasteiger partial charge < -0.3 is 20.1 Å². The van der Waals surface area contributed by atoms with Crippen molar-refractivity contribution in [2.45, 2.75) is 20.4 Å². The van der Waals surface area contributed by atoms with Crippen LogP contribution in [0.4, 0.5) is 5.69 Å². The highest BCUT2D eigenvalue weighted by atomic mass is 79.9. The molecule has 0 radical (unpaired) electrons. The standard InChI is InChI=1S/C22H23BrN2O4S/c1-13-4-5-15(11-18(13)25-22(27)20-14(2)29-8-9-30-20)21(26)24-12-16-10-17(23)6-7-19(16)28-3/h4-7,10-11H,8-9,12H2,1-3H3,(H,24,26)(H,25,27). The van der Waals surface area contributed by atoms with Crippen molar-refractivity contribution < 1.29 is 19.1 Å². The highest BCUT2D eigenvalue weighted by molar-refractivity contribution is 9.10. The summed E-state index contributed by atoms with van der Waals surface area (Å²) in [5.74, 6) is 1.60.